The SMILES string of the molecule is CCC(N)C(c1ccc(Cl)s1)N1CCCC(C)(OC)C1. The lowest BCUT2D eigenvalue weighted by molar-refractivity contribution is -0.0640. The van der Waals surface area contributed by atoms with E-state index in [1.807, 2.05) is 6.07 Å². The van der Waals surface area contributed by atoms with E-state index < -0.39 is 0 Å². The number of likely N-dealkylation sites (tertiary alicyclic amines) is 1. The average molecular weight is 317 g/mol. The van der Waals surface area contributed by atoms with Gasteiger partial charge in [-0.25, -0.2) is 0 Å². The molecule has 3 nitrogen and oxygen atoms in total. The van der Waals surface area contributed by atoms with Crippen molar-refractivity contribution in [2.45, 2.75) is 50.8 Å². The number of ether oxygens (including phenoxy) is 1. The molecular formula is C15H25ClN2OS. The molecule has 0 amide bonds. The van der Waals surface area contributed by atoms with Gasteiger partial charge in [0.2, 0.25) is 0 Å². The van der Waals surface area contributed by atoms with Crippen LogP contribution >= 0.6 is 22.9 Å². The molecular weight excluding hydrogens is 292 g/mol. The minimum atomic E-state index is -0.0645. The summed E-state index contributed by atoms with van der Waals surface area (Å²) in [6.45, 7) is 6.34. The topological polar surface area (TPSA) is 38.5 Å². The van der Waals surface area contributed by atoms with Crippen molar-refractivity contribution in [1.29, 1.82) is 0 Å². The number of thiophene rings is 1. The highest BCUT2D eigenvalue weighted by atomic mass is 35.5. The molecule has 114 valence electrons. The van der Waals surface area contributed by atoms with Gasteiger partial charge in [-0.1, -0.05) is 18.5 Å². The number of piperidine rings is 1. The molecule has 3 unspecified atom stereocenters. The second-order valence-corrected chi connectivity index (χ2v) is 7.63. The van der Waals surface area contributed by atoms with Gasteiger partial charge in [-0.05, 0) is 44.9 Å². The molecule has 1 saturated heterocycles. The summed E-state index contributed by atoms with van der Waals surface area (Å²) in [5.41, 5.74) is 6.34. The first kappa shape index (κ1) is 16.2. The quantitative estimate of drug-likeness (QED) is 0.900. The van der Waals surface area contributed by atoms with E-state index in [1.165, 1.54) is 4.88 Å². The Morgan fingerprint density at radius 1 is 1.55 bits per heavy atom. The second-order valence-electron chi connectivity index (χ2n) is 5.89. The zero-order chi connectivity index (χ0) is 14.8. The van der Waals surface area contributed by atoms with Gasteiger partial charge in [0.15, 0.2) is 0 Å². The van der Waals surface area contributed by atoms with Crippen LogP contribution in [0.25, 0.3) is 0 Å². The lowest BCUT2D eigenvalue weighted by atomic mass is 9.91. The first-order chi connectivity index (χ1) is 9.49. The summed E-state index contributed by atoms with van der Waals surface area (Å²) in [7, 11) is 1.81. The van der Waals surface area contributed by atoms with Crippen molar-refractivity contribution >= 4 is 22.9 Å². The number of methoxy groups -OCH3 is 1. The molecule has 0 radical (unpaired) electrons. The predicted molar refractivity (Wildman–Crippen MR) is 86.6 cm³/mol. The monoisotopic (exact) mass is 316 g/mol. The Labute approximate surface area is 131 Å². The molecule has 20 heavy (non-hydrogen) atoms. The molecule has 3 atom stereocenters. The van der Waals surface area contributed by atoms with E-state index in [0.717, 1.165) is 36.7 Å². The smallest absolute Gasteiger partial charge is 0.0931 e. The van der Waals surface area contributed by atoms with Gasteiger partial charge in [-0.15, -0.1) is 11.3 Å². The van der Waals surface area contributed by atoms with Crippen molar-refractivity contribution in [2.24, 2.45) is 5.73 Å². The van der Waals surface area contributed by atoms with E-state index in [4.69, 9.17) is 22.1 Å². The van der Waals surface area contributed by atoms with Crippen LogP contribution in [0.4, 0.5) is 0 Å². The zero-order valence-corrected chi connectivity index (χ0v) is 14.1. The Balaban J connectivity index is 2.23. The van der Waals surface area contributed by atoms with E-state index >= 15 is 0 Å². The molecule has 1 aliphatic heterocycles. The molecule has 1 aromatic heterocycles. The molecule has 0 aliphatic carbocycles. The van der Waals surface area contributed by atoms with Crippen LogP contribution in [-0.2, 0) is 4.74 Å². The van der Waals surface area contributed by atoms with Crippen molar-refractivity contribution in [1.82, 2.24) is 4.90 Å². The van der Waals surface area contributed by atoms with Gasteiger partial charge in [0, 0.05) is 24.6 Å². The Kier molecular flexibility index (Phi) is 5.49. The molecule has 1 fully saturated rings. The Morgan fingerprint density at radius 2 is 2.30 bits per heavy atom. The molecule has 0 saturated carbocycles. The lowest BCUT2D eigenvalue weighted by Gasteiger charge is -2.44. The fraction of sp³-hybridized carbons (Fsp3) is 0.733. The number of hydrogen-bond donors (Lipinski definition) is 1. The highest BCUT2D eigenvalue weighted by Gasteiger charge is 2.36. The van der Waals surface area contributed by atoms with Crippen molar-refractivity contribution in [3.63, 3.8) is 0 Å². The maximum Gasteiger partial charge on any atom is 0.0931 e. The first-order valence-electron chi connectivity index (χ1n) is 7.29. The normalized spacial score (nSPS) is 27.4. The van der Waals surface area contributed by atoms with Crippen LogP contribution in [0.5, 0.6) is 0 Å². The minimum absolute atomic E-state index is 0.0645. The number of nitrogens with zero attached hydrogens (tertiary/aromatic N) is 1. The number of nitrogens with two attached hydrogens (primary N) is 1. The molecule has 1 aliphatic rings. The first-order valence-corrected chi connectivity index (χ1v) is 8.48. The summed E-state index contributed by atoms with van der Waals surface area (Å²) in [4.78, 5) is 3.74. The van der Waals surface area contributed by atoms with Gasteiger partial charge >= 0.3 is 0 Å². The van der Waals surface area contributed by atoms with E-state index in [-0.39, 0.29) is 17.7 Å². The standard InChI is InChI=1S/C15H25ClN2OS/c1-4-11(17)14(12-6-7-13(16)20-12)18-9-5-8-15(2,10-18)19-3/h6-7,11,14H,4-5,8-10,17H2,1-3H3. The van der Waals surface area contributed by atoms with E-state index in [0.29, 0.717) is 0 Å². The molecule has 5 heteroatoms. The number of hydrogen-bond acceptors (Lipinski definition) is 4. The molecule has 2 rings (SSSR count). The third kappa shape index (κ3) is 3.55. The predicted octanol–water partition coefficient (Wildman–Crippen LogP) is 3.68. The molecule has 2 heterocycles. The second kappa shape index (κ2) is 6.75. The summed E-state index contributed by atoms with van der Waals surface area (Å²) < 4.78 is 6.54. The van der Waals surface area contributed by atoms with Gasteiger partial charge in [-0.3, -0.25) is 4.90 Å². The zero-order valence-electron chi connectivity index (χ0n) is 12.6. The van der Waals surface area contributed by atoms with Crippen molar-refractivity contribution in [2.75, 3.05) is 20.2 Å². The van der Waals surface area contributed by atoms with Crippen LogP contribution in [0.3, 0.4) is 0 Å². The van der Waals surface area contributed by atoms with E-state index in [9.17, 15) is 0 Å². The Bertz CT molecular complexity index is 439. The Morgan fingerprint density at radius 3 is 2.85 bits per heavy atom. The third-order valence-corrected chi connectivity index (χ3v) is 5.64. The lowest BCUT2D eigenvalue weighted by Crippen LogP contribution is -2.51. The van der Waals surface area contributed by atoms with Crippen molar-refractivity contribution < 1.29 is 4.74 Å². The van der Waals surface area contributed by atoms with Gasteiger partial charge in [0.1, 0.15) is 0 Å². The van der Waals surface area contributed by atoms with Crippen LogP contribution in [0.15, 0.2) is 12.1 Å². The fourth-order valence-corrected chi connectivity index (χ4v) is 4.29. The molecule has 0 spiro atoms. The summed E-state index contributed by atoms with van der Waals surface area (Å²) in [5, 5.41) is 0. The maximum atomic E-state index is 6.40. The van der Waals surface area contributed by atoms with Crippen LogP contribution in [-0.4, -0.2) is 36.7 Å². The summed E-state index contributed by atoms with van der Waals surface area (Å²) >= 11 is 7.75. The van der Waals surface area contributed by atoms with Gasteiger partial charge in [0.25, 0.3) is 0 Å². The molecule has 2 N–H and O–H groups in total. The van der Waals surface area contributed by atoms with E-state index in [2.05, 4.69) is 24.8 Å². The van der Waals surface area contributed by atoms with Crippen LogP contribution in [0.1, 0.15) is 44.0 Å². The fourth-order valence-electron chi connectivity index (χ4n) is 3.02. The minimum Gasteiger partial charge on any atom is -0.377 e. The summed E-state index contributed by atoms with van der Waals surface area (Å²) in [6, 6.07) is 4.46. The molecule has 1 aromatic rings. The van der Waals surface area contributed by atoms with E-state index in [1.54, 1.807) is 18.4 Å². The maximum absolute atomic E-state index is 6.40. The van der Waals surface area contributed by atoms with Crippen molar-refractivity contribution in [3.8, 4) is 0 Å². The highest BCUT2D eigenvalue weighted by molar-refractivity contribution is 7.16. The van der Waals surface area contributed by atoms with Gasteiger partial charge in [-0.2, -0.15) is 0 Å². The van der Waals surface area contributed by atoms with Crippen molar-refractivity contribution in [3.05, 3.63) is 21.3 Å². The van der Waals surface area contributed by atoms with Gasteiger partial charge < -0.3 is 10.5 Å². The summed E-state index contributed by atoms with van der Waals surface area (Å²) in [6.07, 6.45) is 3.22. The average Bonchev–Trinajstić information content (AvgIpc) is 2.85. The number of rotatable bonds is 5. The van der Waals surface area contributed by atoms with Crippen LogP contribution < -0.4 is 5.73 Å². The highest BCUT2D eigenvalue weighted by Crippen LogP contribution is 2.36. The van der Waals surface area contributed by atoms with Crippen LogP contribution in [0, 0.1) is 0 Å². The summed E-state index contributed by atoms with van der Waals surface area (Å²) in [5.74, 6) is 0. The van der Waals surface area contributed by atoms with Gasteiger partial charge in [0.05, 0.1) is 16.0 Å². The molecule has 0 aromatic carbocycles. The third-order valence-electron chi connectivity index (χ3n) is 4.34. The number of halogens is 1. The van der Waals surface area contributed by atoms with Crippen LogP contribution in [0.2, 0.25) is 4.34 Å². The molecule has 0 bridgehead atoms. The largest absolute Gasteiger partial charge is 0.377 e. The Hall–Kier alpha value is -0.130.